The summed E-state index contributed by atoms with van der Waals surface area (Å²) in [5.41, 5.74) is 1.46. The highest BCUT2D eigenvalue weighted by Gasteiger charge is 2.17. The molecule has 0 saturated heterocycles. The fourth-order valence-corrected chi connectivity index (χ4v) is 3.11. The van der Waals surface area contributed by atoms with Crippen molar-refractivity contribution >= 4 is 28.0 Å². The average molecular weight is 353 g/mol. The normalized spacial score (nSPS) is 11.0. The Morgan fingerprint density at radius 1 is 1.28 bits per heavy atom. The zero-order chi connectivity index (χ0) is 17.4. The number of fused-ring (bicyclic) bond motifs is 1. The molecule has 8 heteroatoms. The van der Waals surface area contributed by atoms with Gasteiger partial charge in [-0.15, -0.1) is 11.3 Å². The fourth-order valence-electron chi connectivity index (χ4n) is 2.45. The quantitative estimate of drug-likeness (QED) is 0.611. The first-order valence-corrected chi connectivity index (χ1v) is 8.26. The molecule has 25 heavy (non-hydrogen) atoms. The third-order valence-corrected chi connectivity index (χ3v) is 4.43. The number of imidazole rings is 1. The molecule has 3 aromatic heterocycles. The van der Waals surface area contributed by atoms with Gasteiger partial charge in [-0.1, -0.05) is 12.1 Å². The van der Waals surface area contributed by atoms with E-state index in [0.717, 1.165) is 4.88 Å². The Labute approximate surface area is 146 Å². The van der Waals surface area contributed by atoms with Crippen LogP contribution in [0.3, 0.4) is 0 Å². The lowest BCUT2D eigenvalue weighted by Gasteiger charge is -2.02. The van der Waals surface area contributed by atoms with E-state index in [2.05, 4.69) is 20.4 Å². The van der Waals surface area contributed by atoms with Crippen LogP contribution in [0.5, 0.6) is 0 Å². The van der Waals surface area contributed by atoms with Crippen molar-refractivity contribution in [3.05, 3.63) is 65.2 Å². The molecule has 0 unspecified atom stereocenters. The Balaban J connectivity index is 1.75. The summed E-state index contributed by atoms with van der Waals surface area (Å²) in [6.45, 7) is 1.91. The van der Waals surface area contributed by atoms with E-state index in [1.165, 1.54) is 28.1 Å². The topological polar surface area (TPSA) is 72.2 Å². The number of hydrogen-bond donors (Lipinski definition) is 1. The number of rotatable bonds is 3. The van der Waals surface area contributed by atoms with Crippen molar-refractivity contribution < 1.29 is 9.18 Å². The van der Waals surface area contributed by atoms with Crippen molar-refractivity contribution in [2.45, 2.75) is 6.92 Å². The number of aryl methyl sites for hydroxylation is 1. The van der Waals surface area contributed by atoms with Gasteiger partial charge in [0.1, 0.15) is 5.82 Å². The summed E-state index contributed by atoms with van der Waals surface area (Å²) in [7, 11) is 0. The molecule has 6 nitrogen and oxygen atoms in total. The van der Waals surface area contributed by atoms with Crippen LogP contribution in [0.4, 0.5) is 9.52 Å². The first-order chi connectivity index (χ1) is 12.1. The molecular weight excluding hydrogens is 341 g/mol. The van der Waals surface area contributed by atoms with Gasteiger partial charge in [0.2, 0.25) is 0 Å². The van der Waals surface area contributed by atoms with Gasteiger partial charge in [0, 0.05) is 22.8 Å². The number of thiazole rings is 1. The number of hydrogen-bond acceptors (Lipinski definition) is 5. The summed E-state index contributed by atoms with van der Waals surface area (Å²) < 4.78 is 15.5. The van der Waals surface area contributed by atoms with E-state index in [-0.39, 0.29) is 11.7 Å². The van der Waals surface area contributed by atoms with Gasteiger partial charge in [-0.25, -0.2) is 18.9 Å². The van der Waals surface area contributed by atoms with E-state index in [4.69, 9.17) is 0 Å². The van der Waals surface area contributed by atoms with Gasteiger partial charge in [-0.05, 0) is 25.1 Å². The molecule has 1 aromatic carbocycles. The Hall–Kier alpha value is -3.13. The highest BCUT2D eigenvalue weighted by molar-refractivity contribution is 7.15. The van der Waals surface area contributed by atoms with E-state index in [1.54, 1.807) is 36.7 Å². The first-order valence-electron chi connectivity index (χ1n) is 7.45. The summed E-state index contributed by atoms with van der Waals surface area (Å²) in [6, 6.07) is 7.92. The van der Waals surface area contributed by atoms with Crippen LogP contribution in [0.25, 0.3) is 16.9 Å². The molecule has 4 aromatic rings. The number of carbonyl (C=O) groups is 1. The maximum atomic E-state index is 14.0. The monoisotopic (exact) mass is 353 g/mol. The second-order valence-corrected chi connectivity index (χ2v) is 6.58. The Morgan fingerprint density at radius 2 is 2.12 bits per heavy atom. The minimum absolute atomic E-state index is 0.338. The number of carbonyl (C=O) groups excluding carboxylic acids is 1. The Bertz CT molecular complexity index is 1090. The van der Waals surface area contributed by atoms with E-state index < -0.39 is 0 Å². The molecule has 0 aliphatic rings. The van der Waals surface area contributed by atoms with Crippen LogP contribution in [0.15, 0.2) is 48.9 Å². The average Bonchev–Trinajstić information content (AvgIpc) is 3.20. The van der Waals surface area contributed by atoms with Crippen molar-refractivity contribution in [3.63, 3.8) is 0 Å². The van der Waals surface area contributed by atoms with E-state index in [0.29, 0.717) is 27.6 Å². The van der Waals surface area contributed by atoms with Crippen LogP contribution in [0, 0.1) is 12.7 Å². The molecule has 0 spiro atoms. The smallest absolute Gasteiger partial charge is 0.261 e. The molecule has 1 amide bonds. The SMILES string of the molecule is Cc1cnc(NC(=O)c2ccnn3cc(-c4ccccc4F)nc23)s1. The summed E-state index contributed by atoms with van der Waals surface area (Å²) >= 11 is 1.38. The van der Waals surface area contributed by atoms with Crippen LogP contribution in [-0.4, -0.2) is 25.5 Å². The number of benzene rings is 1. The van der Waals surface area contributed by atoms with Gasteiger partial charge in [0.05, 0.1) is 17.5 Å². The summed E-state index contributed by atoms with van der Waals surface area (Å²) in [5.74, 6) is -0.720. The molecule has 0 atom stereocenters. The molecule has 0 bridgehead atoms. The number of halogens is 1. The lowest BCUT2D eigenvalue weighted by Crippen LogP contribution is -2.13. The van der Waals surface area contributed by atoms with Crippen molar-refractivity contribution in [3.8, 4) is 11.3 Å². The number of aromatic nitrogens is 4. The van der Waals surface area contributed by atoms with E-state index in [1.807, 2.05) is 6.92 Å². The molecule has 1 N–H and O–H groups in total. The van der Waals surface area contributed by atoms with Gasteiger partial charge in [0.25, 0.3) is 5.91 Å². The van der Waals surface area contributed by atoms with Gasteiger partial charge in [0.15, 0.2) is 10.8 Å². The van der Waals surface area contributed by atoms with Crippen LogP contribution < -0.4 is 5.32 Å². The van der Waals surface area contributed by atoms with Crippen molar-refractivity contribution in [1.29, 1.82) is 0 Å². The largest absolute Gasteiger partial charge is 0.298 e. The summed E-state index contributed by atoms with van der Waals surface area (Å²) in [6.07, 6.45) is 4.79. The highest BCUT2D eigenvalue weighted by atomic mass is 32.1. The zero-order valence-electron chi connectivity index (χ0n) is 13.1. The minimum Gasteiger partial charge on any atom is -0.298 e. The van der Waals surface area contributed by atoms with Gasteiger partial charge >= 0.3 is 0 Å². The maximum Gasteiger partial charge on any atom is 0.261 e. The molecule has 0 aliphatic carbocycles. The molecule has 0 fully saturated rings. The molecule has 0 aliphatic heterocycles. The van der Waals surface area contributed by atoms with Crippen LogP contribution >= 0.6 is 11.3 Å². The van der Waals surface area contributed by atoms with E-state index in [9.17, 15) is 9.18 Å². The maximum absolute atomic E-state index is 14.0. The predicted molar refractivity (Wildman–Crippen MR) is 93.2 cm³/mol. The van der Waals surface area contributed by atoms with Crippen LogP contribution in [-0.2, 0) is 0 Å². The predicted octanol–water partition coefficient (Wildman–Crippen LogP) is 3.55. The second kappa shape index (κ2) is 6.06. The lowest BCUT2D eigenvalue weighted by molar-refractivity contribution is 0.102. The highest BCUT2D eigenvalue weighted by Crippen LogP contribution is 2.23. The van der Waals surface area contributed by atoms with Crippen molar-refractivity contribution in [2.24, 2.45) is 0 Å². The van der Waals surface area contributed by atoms with Crippen molar-refractivity contribution in [1.82, 2.24) is 19.6 Å². The number of amides is 1. The van der Waals surface area contributed by atoms with Gasteiger partial charge in [-0.2, -0.15) is 5.10 Å². The van der Waals surface area contributed by atoms with Gasteiger partial charge in [-0.3, -0.25) is 10.1 Å². The molecule has 4 rings (SSSR count). The molecule has 0 radical (unpaired) electrons. The fraction of sp³-hybridized carbons (Fsp3) is 0.0588. The third-order valence-electron chi connectivity index (χ3n) is 3.60. The van der Waals surface area contributed by atoms with Crippen LogP contribution in [0.1, 0.15) is 15.2 Å². The van der Waals surface area contributed by atoms with Crippen LogP contribution in [0.2, 0.25) is 0 Å². The van der Waals surface area contributed by atoms with Crippen molar-refractivity contribution in [2.75, 3.05) is 5.32 Å². The standard InChI is InChI=1S/C17H12FN5OS/c1-10-8-19-17(25-10)22-16(24)12-6-7-20-23-9-14(21-15(12)23)11-4-2-3-5-13(11)18/h2-9H,1H3,(H,19,22,24). The van der Waals surface area contributed by atoms with E-state index >= 15 is 0 Å². The second-order valence-electron chi connectivity index (χ2n) is 5.35. The Kier molecular flexibility index (Phi) is 3.73. The molecular formula is C17H12FN5OS. The lowest BCUT2D eigenvalue weighted by atomic mass is 10.1. The Morgan fingerprint density at radius 3 is 2.88 bits per heavy atom. The number of nitrogens with one attached hydrogen (secondary N) is 1. The summed E-state index contributed by atoms with van der Waals surface area (Å²) in [5, 5.41) is 7.41. The van der Waals surface area contributed by atoms with Gasteiger partial charge < -0.3 is 0 Å². The zero-order valence-corrected chi connectivity index (χ0v) is 13.9. The number of anilines is 1. The molecule has 0 saturated carbocycles. The summed E-state index contributed by atoms with van der Waals surface area (Å²) in [4.78, 5) is 22.1. The minimum atomic E-state index is -0.379. The number of nitrogens with zero attached hydrogens (tertiary/aromatic N) is 4. The first kappa shape index (κ1) is 15.4. The molecule has 124 valence electrons. The third kappa shape index (κ3) is 2.87. The molecule has 3 heterocycles.